The van der Waals surface area contributed by atoms with Crippen LogP contribution in [-0.2, 0) is 6.61 Å². The van der Waals surface area contributed by atoms with E-state index in [1.807, 2.05) is 38.1 Å². The molecule has 0 unspecified atom stereocenters. The highest BCUT2D eigenvalue weighted by molar-refractivity contribution is 9.11. The quantitative estimate of drug-likeness (QED) is 0.379. The molecule has 0 radical (unpaired) electrons. The summed E-state index contributed by atoms with van der Waals surface area (Å²) in [5.41, 5.74) is 8.21. The second kappa shape index (κ2) is 6.28. The van der Waals surface area contributed by atoms with E-state index in [1.165, 1.54) is 0 Å². The van der Waals surface area contributed by atoms with Crippen LogP contribution in [0.2, 0.25) is 0 Å². The summed E-state index contributed by atoms with van der Waals surface area (Å²) < 4.78 is 6.97. The monoisotopic (exact) mass is 354 g/mol. The highest BCUT2D eigenvalue weighted by atomic mass is 79.9. The Labute approximate surface area is 130 Å². The minimum absolute atomic E-state index is 0.102. The van der Waals surface area contributed by atoms with E-state index in [0.717, 1.165) is 25.5 Å². The number of benzene rings is 1. The Morgan fingerprint density at radius 1 is 1.35 bits per heavy atom. The lowest BCUT2D eigenvalue weighted by Crippen LogP contribution is -2.13. The highest BCUT2D eigenvalue weighted by Gasteiger charge is 2.09. The third-order valence-electron chi connectivity index (χ3n) is 2.85. The Balaban J connectivity index is 2.20. The summed E-state index contributed by atoms with van der Waals surface area (Å²) in [5, 5.41) is 11.7. The van der Waals surface area contributed by atoms with Crippen molar-refractivity contribution in [3.8, 4) is 5.75 Å². The van der Waals surface area contributed by atoms with E-state index in [9.17, 15) is 0 Å². The molecule has 4 nitrogen and oxygen atoms in total. The molecule has 1 heterocycles. The molecule has 20 heavy (non-hydrogen) atoms. The van der Waals surface area contributed by atoms with Crippen molar-refractivity contribution in [2.45, 2.75) is 20.5 Å². The molecule has 1 aromatic heterocycles. The Morgan fingerprint density at radius 2 is 2.00 bits per heavy atom. The maximum Gasteiger partial charge on any atom is 0.170 e. The standard InChI is InChI=1S/C14H15BrN2O2S/c1-8-5-10(14(16)17-18)6-9(2)13(8)19-7-11-3-4-12(15)20-11/h3-6,18H,7H2,1-2H3,(H2,16,17). The predicted molar refractivity (Wildman–Crippen MR) is 84.8 cm³/mol. The second-order valence-electron chi connectivity index (χ2n) is 4.42. The van der Waals surface area contributed by atoms with Gasteiger partial charge in [-0.05, 0) is 65.2 Å². The van der Waals surface area contributed by atoms with Crippen LogP contribution in [0.15, 0.2) is 33.2 Å². The van der Waals surface area contributed by atoms with Gasteiger partial charge in [-0.2, -0.15) is 0 Å². The third-order valence-corrected chi connectivity index (χ3v) is 4.45. The largest absolute Gasteiger partial charge is 0.488 e. The van der Waals surface area contributed by atoms with Gasteiger partial charge in [-0.3, -0.25) is 0 Å². The Hall–Kier alpha value is -1.53. The zero-order chi connectivity index (χ0) is 14.7. The first-order chi connectivity index (χ1) is 9.51. The Kier molecular flexibility index (Phi) is 4.67. The van der Waals surface area contributed by atoms with Gasteiger partial charge in [-0.15, -0.1) is 11.3 Å². The maximum atomic E-state index is 8.72. The van der Waals surface area contributed by atoms with Crippen LogP contribution >= 0.6 is 27.3 Å². The topological polar surface area (TPSA) is 67.8 Å². The number of oxime groups is 1. The van der Waals surface area contributed by atoms with E-state index in [4.69, 9.17) is 15.7 Å². The van der Waals surface area contributed by atoms with Crippen molar-refractivity contribution in [3.05, 3.63) is 49.6 Å². The molecule has 0 amide bonds. The molecule has 0 spiro atoms. The number of hydrogen-bond donors (Lipinski definition) is 2. The summed E-state index contributed by atoms with van der Waals surface area (Å²) in [5.74, 6) is 0.939. The van der Waals surface area contributed by atoms with Crippen LogP contribution in [0.4, 0.5) is 0 Å². The number of aryl methyl sites for hydroxylation is 2. The van der Waals surface area contributed by atoms with E-state index < -0.39 is 0 Å². The minimum atomic E-state index is 0.102. The lowest BCUT2D eigenvalue weighted by Gasteiger charge is -2.13. The number of thiophene rings is 1. The van der Waals surface area contributed by atoms with E-state index >= 15 is 0 Å². The van der Waals surface area contributed by atoms with Crippen molar-refractivity contribution in [2.24, 2.45) is 10.9 Å². The van der Waals surface area contributed by atoms with Crippen molar-refractivity contribution in [1.29, 1.82) is 0 Å². The van der Waals surface area contributed by atoms with Crippen molar-refractivity contribution in [1.82, 2.24) is 0 Å². The summed E-state index contributed by atoms with van der Waals surface area (Å²) in [4.78, 5) is 1.15. The van der Waals surface area contributed by atoms with Gasteiger partial charge in [0.25, 0.3) is 0 Å². The molecule has 0 aliphatic carbocycles. The van der Waals surface area contributed by atoms with Crippen molar-refractivity contribution in [2.75, 3.05) is 0 Å². The van der Waals surface area contributed by atoms with Gasteiger partial charge in [0.15, 0.2) is 5.84 Å². The molecule has 0 bridgehead atoms. The van der Waals surface area contributed by atoms with Crippen molar-refractivity contribution >= 4 is 33.1 Å². The normalized spacial score (nSPS) is 11.7. The van der Waals surface area contributed by atoms with Gasteiger partial charge in [-0.1, -0.05) is 5.16 Å². The van der Waals surface area contributed by atoms with Crippen LogP contribution < -0.4 is 10.5 Å². The molecule has 0 atom stereocenters. The molecule has 2 rings (SSSR count). The fraction of sp³-hybridized carbons (Fsp3) is 0.214. The van der Waals surface area contributed by atoms with Gasteiger partial charge < -0.3 is 15.7 Å². The predicted octanol–water partition coefficient (Wildman–Crippen LogP) is 3.80. The molecule has 0 aliphatic rings. The van der Waals surface area contributed by atoms with E-state index in [-0.39, 0.29) is 5.84 Å². The molecular formula is C14H15BrN2O2S. The SMILES string of the molecule is Cc1cc(C(N)=NO)cc(C)c1OCc1ccc(Br)s1. The molecular weight excluding hydrogens is 340 g/mol. The number of nitrogens with two attached hydrogens (primary N) is 1. The number of nitrogens with zero attached hydrogens (tertiary/aromatic N) is 1. The number of ether oxygens (including phenoxy) is 1. The second-order valence-corrected chi connectivity index (χ2v) is 6.97. The molecule has 0 saturated carbocycles. The molecule has 3 N–H and O–H groups in total. The summed E-state index contributed by atoms with van der Waals surface area (Å²) in [6.07, 6.45) is 0. The van der Waals surface area contributed by atoms with E-state index in [2.05, 4.69) is 21.1 Å². The van der Waals surface area contributed by atoms with Crippen molar-refractivity contribution in [3.63, 3.8) is 0 Å². The molecule has 0 fully saturated rings. The lowest BCUT2D eigenvalue weighted by molar-refractivity contribution is 0.305. The highest BCUT2D eigenvalue weighted by Crippen LogP contribution is 2.28. The summed E-state index contributed by atoms with van der Waals surface area (Å²) in [7, 11) is 0. The van der Waals surface area contributed by atoms with Crippen LogP contribution in [0.5, 0.6) is 5.75 Å². The Bertz CT molecular complexity index is 629. The fourth-order valence-corrected chi connectivity index (χ4v) is 3.35. The summed E-state index contributed by atoms with van der Waals surface area (Å²) in [6.45, 7) is 4.42. The molecule has 106 valence electrons. The molecule has 1 aromatic carbocycles. The summed E-state index contributed by atoms with van der Waals surface area (Å²) >= 11 is 5.08. The van der Waals surface area contributed by atoms with E-state index in [1.54, 1.807) is 11.3 Å². The average molecular weight is 355 g/mol. The first kappa shape index (κ1) is 14.9. The average Bonchev–Trinajstić information content (AvgIpc) is 2.82. The Morgan fingerprint density at radius 3 is 2.50 bits per heavy atom. The molecule has 0 saturated heterocycles. The smallest absolute Gasteiger partial charge is 0.170 e. The number of hydrogen-bond acceptors (Lipinski definition) is 4. The number of amidine groups is 1. The van der Waals surface area contributed by atoms with Crippen LogP contribution in [0.25, 0.3) is 0 Å². The van der Waals surface area contributed by atoms with Gasteiger partial charge in [0.2, 0.25) is 0 Å². The molecule has 2 aromatic rings. The van der Waals surface area contributed by atoms with Gasteiger partial charge in [-0.25, -0.2) is 0 Å². The van der Waals surface area contributed by atoms with Crippen molar-refractivity contribution < 1.29 is 9.94 Å². The molecule has 6 heteroatoms. The van der Waals surface area contributed by atoms with Gasteiger partial charge in [0.1, 0.15) is 12.4 Å². The van der Waals surface area contributed by atoms with Crippen LogP contribution in [0.3, 0.4) is 0 Å². The zero-order valence-electron chi connectivity index (χ0n) is 11.2. The minimum Gasteiger partial charge on any atom is -0.488 e. The fourth-order valence-electron chi connectivity index (χ4n) is 1.96. The first-order valence-corrected chi connectivity index (χ1v) is 7.58. The van der Waals surface area contributed by atoms with E-state index in [0.29, 0.717) is 12.2 Å². The summed E-state index contributed by atoms with van der Waals surface area (Å²) in [6, 6.07) is 7.73. The number of rotatable bonds is 4. The molecule has 0 aliphatic heterocycles. The number of halogens is 1. The lowest BCUT2D eigenvalue weighted by atomic mass is 10.1. The maximum absolute atomic E-state index is 8.72. The van der Waals surface area contributed by atoms with Crippen LogP contribution in [0, 0.1) is 13.8 Å². The van der Waals surface area contributed by atoms with Crippen LogP contribution in [0.1, 0.15) is 21.6 Å². The third kappa shape index (κ3) is 3.32. The van der Waals surface area contributed by atoms with Gasteiger partial charge in [0, 0.05) is 10.4 Å². The van der Waals surface area contributed by atoms with Gasteiger partial charge >= 0.3 is 0 Å². The zero-order valence-corrected chi connectivity index (χ0v) is 13.6. The first-order valence-electron chi connectivity index (χ1n) is 5.97. The van der Waals surface area contributed by atoms with Crippen LogP contribution in [-0.4, -0.2) is 11.0 Å². The van der Waals surface area contributed by atoms with Gasteiger partial charge in [0.05, 0.1) is 3.79 Å².